The molecule has 0 spiro atoms. The van der Waals surface area contributed by atoms with Crippen LogP contribution in [0.2, 0.25) is 5.02 Å². The average molecular weight is 420 g/mol. The van der Waals surface area contributed by atoms with Gasteiger partial charge in [0.15, 0.2) is 23.0 Å². The Bertz CT molecular complexity index is 855. The number of amides is 1. The quantitative estimate of drug-likeness (QED) is 0.618. The molecule has 0 aliphatic carbocycles. The summed E-state index contributed by atoms with van der Waals surface area (Å²) in [4.78, 5) is 12.4. The smallest absolute Gasteiger partial charge is 0.224 e. The van der Waals surface area contributed by atoms with E-state index in [-0.39, 0.29) is 12.3 Å². The van der Waals surface area contributed by atoms with Crippen molar-refractivity contribution in [2.75, 3.05) is 26.9 Å². The van der Waals surface area contributed by atoms with Gasteiger partial charge in [-0.15, -0.1) is 0 Å². The fourth-order valence-corrected chi connectivity index (χ4v) is 3.27. The number of halogens is 1. The Morgan fingerprint density at radius 2 is 1.97 bits per heavy atom. The number of benzene rings is 2. The number of hydrogen-bond acceptors (Lipinski definition) is 5. The van der Waals surface area contributed by atoms with Gasteiger partial charge in [-0.2, -0.15) is 0 Å². The molecule has 0 radical (unpaired) electrons. The maximum atomic E-state index is 12.4. The van der Waals surface area contributed by atoms with Crippen molar-refractivity contribution in [1.82, 2.24) is 5.32 Å². The maximum Gasteiger partial charge on any atom is 0.224 e. The van der Waals surface area contributed by atoms with E-state index in [1.54, 1.807) is 19.2 Å². The Morgan fingerprint density at radius 3 is 2.76 bits per heavy atom. The minimum Gasteiger partial charge on any atom is -0.493 e. The summed E-state index contributed by atoms with van der Waals surface area (Å²) in [6.45, 7) is 4.10. The lowest BCUT2D eigenvalue weighted by atomic mass is 10.1. The minimum atomic E-state index is -0.111. The van der Waals surface area contributed by atoms with Gasteiger partial charge in [0.1, 0.15) is 13.2 Å². The third-order valence-corrected chi connectivity index (χ3v) is 4.78. The lowest BCUT2D eigenvalue weighted by molar-refractivity contribution is -0.120. The Hall–Kier alpha value is -2.60. The van der Waals surface area contributed by atoms with Crippen molar-refractivity contribution in [1.29, 1.82) is 0 Å². The Morgan fingerprint density at radius 1 is 1.14 bits per heavy atom. The molecule has 1 heterocycles. The van der Waals surface area contributed by atoms with E-state index in [2.05, 4.69) is 12.2 Å². The first-order valence-corrected chi connectivity index (χ1v) is 10.1. The molecular weight excluding hydrogens is 394 g/mol. The van der Waals surface area contributed by atoms with E-state index in [1.165, 1.54) is 0 Å². The summed E-state index contributed by atoms with van der Waals surface area (Å²) in [6, 6.07) is 9.20. The summed E-state index contributed by atoms with van der Waals surface area (Å²) in [5, 5.41) is 3.37. The van der Waals surface area contributed by atoms with Crippen LogP contribution in [-0.2, 0) is 17.8 Å². The largest absolute Gasteiger partial charge is 0.493 e. The normalized spacial score (nSPS) is 12.4. The highest BCUT2D eigenvalue weighted by molar-refractivity contribution is 6.32. The van der Waals surface area contributed by atoms with Gasteiger partial charge in [-0.25, -0.2) is 0 Å². The Balaban J connectivity index is 1.57. The Labute approximate surface area is 176 Å². The molecule has 156 valence electrons. The summed E-state index contributed by atoms with van der Waals surface area (Å²) < 4.78 is 22.2. The van der Waals surface area contributed by atoms with E-state index >= 15 is 0 Å². The molecule has 0 unspecified atom stereocenters. The number of carbonyl (C=O) groups is 1. The summed E-state index contributed by atoms with van der Waals surface area (Å²) in [5.74, 6) is 2.37. The van der Waals surface area contributed by atoms with Crippen LogP contribution in [0.5, 0.6) is 23.0 Å². The van der Waals surface area contributed by atoms with Gasteiger partial charge in [0.2, 0.25) is 5.91 Å². The van der Waals surface area contributed by atoms with Crippen molar-refractivity contribution in [3.63, 3.8) is 0 Å². The van der Waals surface area contributed by atoms with Crippen molar-refractivity contribution in [2.24, 2.45) is 0 Å². The molecule has 0 saturated heterocycles. The predicted molar refractivity (Wildman–Crippen MR) is 111 cm³/mol. The number of rotatable bonds is 9. The van der Waals surface area contributed by atoms with Crippen LogP contribution in [0, 0.1) is 0 Å². The number of ether oxygens (including phenoxy) is 4. The molecule has 2 aromatic carbocycles. The van der Waals surface area contributed by atoms with Gasteiger partial charge in [0, 0.05) is 6.54 Å². The highest BCUT2D eigenvalue weighted by atomic mass is 35.5. The molecule has 0 fully saturated rings. The van der Waals surface area contributed by atoms with Gasteiger partial charge in [0.05, 0.1) is 25.2 Å². The SMILES string of the molecule is CCCCOc1ccc(CNC(=O)Cc2cc(Cl)c3c(c2)OCCO3)cc1OC. The van der Waals surface area contributed by atoms with Crippen molar-refractivity contribution in [2.45, 2.75) is 32.7 Å². The van der Waals surface area contributed by atoms with Gasteiger partial charge in [0.25, 0.3) is 0 Å². The van der Waals surface area contributed by atoms with Crippen LogP contribution in [-0.4, -0.2) is 32.8 Å². The molecule has 0 saturated carbocycles. The second-order valence-electron chi connectivity index (χ2n) is 6.74. The predicted octanol–water partition coefficient (Wildman–Crippen LogP) is 4.16. The second-order valence-corrected chi connectivity index (χ2v) is 7.15. The second kappa shape index (κ2) is 10.3. The highest BCUT2D eigenvalue weighted by Crippen LogP contribution is 2.38. The van der Waals surface area contributed by atoms with Crippen LogP contribution in [0.3, 0.4) is 0 Å². The number of hydrogen-bond donors (Lipinski definition) is 1. The topological polar surface area (TPSA) is 66.0 Å². The Kier molecular flexibility index (Phi) is 7.47. The standard InChI is InChI=1S/C22H26ClNO5/c1-3-4-7-27-18-6-5-15(11-19(18)26-2)14-24-21(25)13-16-10-17(23)22-20(12-16)28-8-9-29-22/h5-6,10-12H,3-4,7-9,13-14H2,1-2H3,(H,24,25). The van der Waals surface area contributed by atoms with Crippen LogP contribution in [0.15, 0.2) is 30.3 Å². The van der Waals surface area contributed by atoms with Crippen molar-refractivity contribution < 1.29 is 23.7 Å². The molecule has 1 aliphatic heterocycles. The van der Waals surface area contributed by atoms with Crippen LogP contribution >= 0.6 is 11.6 Å². The first-order chi connectivity index (χ1) is 14.1. The highest BCUT2D eigenvalue weighted by Gasteiger charge is 2.17. The monoisotopic (exact) mass is 419 g/mol. The molecule has 0 atom stereocenters. The zero-order chi connectivity index (χ0) is 20.6. The fourth-order valence-electron chi connectivity index (χ4n) is 2.98. The average Bonchev–Trinajstić information content (AvgIpc) is 2.73. The lowest BCUT2D eigenvalue weighted by Crippen LogP contribution is -2.24. The third-order valence-electron chi connectivity index (χ3n) is 4.49. The molecule has 0 bridgehead atoms. The third kappa shape index (κ3) is 5.70. The maximum absolute atomic E-state index is 12.4. The zero-order valence-corrected chi connectivity index (χ0v) is 17.5. The summed E-state index contributed by atoms with van der Waals surface area (Å²) in [7, 11) is 1.61. The number of unbranched alkanes of at least 4 members (excludes halogenated alkanes) is 1. The molecule has 29 heavy (non-hydrogen) atoms. The molecular formula is C22H26ClNO5. The van der Waals surface area contributed by atoms with E-state index in [1.807, 2.05) is 18.2 Å². The molecule has 2 aromatic rings. The number of fused-ring (bicyclic) bond motifs is 1. The number of nitrogens with one attached hydrogen (secondary N) is 1. The van der Waals surface area contributed by atoms with E-state index in [9.17, 15) is 4.79 Å². The first kappa shape index (κ1) is 21.1. The van der Waals surface area contributed by atoms with Gasteiger partial charge < -0.3 is 24.3 Å². The molecule has 6 nitrogen and oxygen atoms in total. The van der Waals surface area contributed by atoms with Crippen LogP contribution < -0.4 is 24.3 Å². The van der Waals surface area contributed by atoms with Crippen molar-refractivity contribution >= 4 is 17.5 Å². The summed E-state index contributed by atoms with van der Waals surface area (Å²) in [5.41, 5.74) is 1.70. The van der Waals surface area contributed by atoms with Crippen LogP contribution in [0.4, 0.5) is 0 Å². The van der Waals surface area contributed by atoms with E-state index in [0.29, 0.717) is 54.4 Å². The van der Waals surface area contributed by atoms with Crippen LogP contribution in [0.1, 0.15) is 30.9 Å². The summed E-state index contributed by atoms with van der Waals surface area (Å²) in [6.07, 6.45) is 2.26. The molecule has 1 aliphatic rings. The van der Waals surface area contributed by atoms with Gasteiger partial charge in [-0.3, -0.25) is 4.79 Å². The number of methoxy groups -OCH3 is 1. The van der Waals surface area contributed by atoms with E-state index < -0.39 is 0 Å². The fraction of sp³-hybridized carbons (Fsp3) is 0.409. The minimum absolute atomic E-state index is 0.111. The first-order valence-electron chi connectivity index (χ1n) is 9.75. The molecule has 0 aromatic heterocycles. The van der Waals surface area contributed by atoms with Gasteiger partial charge >= 0.3 is 0 Å². The number of carbonyl (C=O) groups excluding carboxylic acids is 1. The van der Waals surface area contributed by atoms with E-state index in [0.717, 1.165) is 24.0 Å². The van der Waals surface area contributed by atoms with Crippen LogP contribution in [0.25, 0.3) is 0 Å². The van der Waals surface area contributed by atoms with Crippen molar-refractivity contribution in [3.8, 4) is 23.0 Å². The molecule has 1 amide bonds. The zero-order valence-electron chi connectivity index (χ0n) is 16.8. The molecule has 3 rings (SSSR count). The lowest BCUT2D eigenvalue weighted by Gasteiger charge is -2.20. The molecule has 7 heteroatoms. The van der Waals surface area contributed by atoms with Gasteiger partial charge in [-0.05, 0) is 41.8 Å². The van der Waals surface area contributed by atoms with E-state index in [4.69, 9.17) is 30.5 Å². The van der Waals surface area contributed by atoms with Gasteiger partial charge in [-0.1, -0.05) is 31.0 Å². The molecule has 1 N–H and O–H groups in total. The van der Waals surface area contributed by atoms with Crippen molar-refractivity contribution in [3.05, 3.63) is 46.5 Å². The summed E-state index contributed by atoms with van der Waals surface area (Å²) >= 11 is 6.23.